The highest BCUT2D eigenvalue weighted by Crippen LogP contribution is 2.30. The van der Waals surface area contributed by atoms with Crippen LogP contribution in [-0.4, -0.2) is 84.8 Å². The number of hydrogen-bond acceptors (Lipinski definition) is 9. The molecule has 1 saturated heterocycles. The average molecular weight is 429 g/mol. The number of aromatic amines is 1. The number of rotatable bonds is 8. The molecule has 0 amide bonds. The molecule has 4 rings (SSSR count). The summed E-state index contributed by atoms with van der Waals surface area (Å²) in [4.78, 5) is 13.8. The third-order valence-corrected chi connectivity index (χ3v) is 5.61. The van der Waals surface area contributed by atoms with Crippen LogP contribution in [0.25, 0.3) is 11.0 Å². The van der Waals surface area contributed by atoms with Gasteiger partial charge in [0.05, 0.1) is 18.6 Å². The molecule has 0 saturated carbocycles. The number of ether oxygens (including phenoxy) is 1. The predicted molar refractivity (Wildman–Crippen MR) is 123 cm³/mol. The van der Waals surface area contributed by atoms with Gasteiger partial charge in [-0.05, 0) is 44.6 Å². The van der Waals surface area contributed by atoms with E-state index in [-0.39, 0.29) is 0 Å². The van der Waals surface area contributed by atoms with Crippen molar-refractivity contribution in [3.8, 4) is 0 Å². The van der Waals surface area contributed by atoms with Gasteiger partial charge < -0.3 is 25.2 Å². The molecule has 1 aromatic carbocycles. The minimum atomic E-state index is 0.533. The van der Waals surface area contributed by atoms with E-state index in [0.717, 1.165) is 61.3 Å². The Morgan fingerprint density at radius 1 is 1.17 bits per heavy atom. The summed E-state index contributed by atoms with van der Waals surface area (Å²) in [5.74, 6) is 1.32. The van der Waals surface area contributed by atoms with Crippen molar-refractivity contribution in [2.45, 2.75) is 5.03 Å². The van der Waals surface area contributed by atoms with Gasteiger partial charge in [0, 0.05) is 37.6 Å². The van der Waals surface area contributed by atoms with E-state index in [2.05, 4.69) is 74.0 Å². The summed E-state index contributed by atoms with van der Waals surface area (Å²) in [5.41, 5.74) is 2.86. The second-order valence-electron chi connectivity index (χ2n) is 7.35. The number of morpholine rings is 1. The number of fused-ring (bicyclic) bond motifs is 1. The first-order valence-electron chi connectivity index (χ1n) is 10.0. The summed E-state index contributed by atoms with van der Waals surface area (Å²) < 4.78 is 5.43. The number of hydrogen-bond donors (Lipinski definition) is 3. The second-order valence-corrected chi connectivity index (χ2v) is 8.15. The minimum Gasteiger partial charge on any atom is -0.378 e. The number of benzene rings is 1. The van der Waals surface area contributed by atoms with Crippen LogP contribution in [0, 0.1) is 0 Å². The van der Waals surface area contributed by atoms with Crippen molar-refractivity contribution in [2.75, 3.05) is 75.3 Å². The van der Waals surface area contributed by atoms with Gasteiger partial charge in [0.15, 0.2) is 5.65 Å². The first-order chi connectivity index (χ1) is 14.6. The number of nitrogens with one attached hydrogen (secondary N) is 3. The van der Waals surface area contributed by atoms with Gasteiger partial charge in [0.2, 0.25) is 5.95 Å². The molecule has 3 aromatic rings. The number of H-pyrrole nitrogens is 1. The molecule has 0 spiro atoms. The van der Waals surface area contributed by atoms with Gasteiger partial charge in [0.25, 0.3) is 0 Å². The van der Waals surface area contributed by atoms with Crippen molar-refractivity contribution in [3.63, 3.8) is 0 Å². The molecule has 9 nitrogen and oxygen atoms in total. The van der Waals surface area contributed by atoms with Crippen LogP contribution in [0.3, 0.4) is 0 Å². The van der Waals surface area contributed by atoms with Crippen LogP contribution < -0.4 is 15.5 Å². The van der Waals surface area contributed by atoms with Gasteiger partial charge in [-0.3, -0.25) is 5.10 Å². The van der Waals surface area contributed by atoms with Crippen LogP contribution in [0.4, 0.5) is 23.1 Å². The van der Waals surface area contributed by atoms with Gasteiger partial charge in [-0.1, -0.05) is 0 Å². The number of likely N-dealkylation sites (N-methyl/N-ethyl adjacent to an activating group) is 1. The Hall–Kier alpha value is -2.56. The quantitative estimate of drug-likeness (QED) is 0.468. The normalized spacial score (nSPS) is 14.5. The molecule has 160 valence electrons. The molecule has 0 radical (unpaired) electrons. The van der Waals surface area contributed by atoms with Gasteiger partial charge in [-0.25, -0.2) is 0 Å². The first-order valence-corrected chi connectivity index (χ1v) is 11.2. The number of thioether (sulfide) groups is 1. The van der Waals surface area contributed by atoms with Gasteiger partial charge in [-0.15, -0.1) is 11.8 Å². The van der Waals surface area contributed by atoms with E-state index in [4.69, 9.17) is 9.72 Å². The summed E-state index contributed by atoms with van der Waals surface area (Å²) in [7, 11) is 4.10. The van der Waals surface area contributed by atoms with E-state index < -0.39 is 0 Å². The third-order valence-electron chi connectivity index (χ3n) is 4.93. The molecule has 30 heavy (non-hydrogen) atoms. The van der Waals surface area contributed by atoms with E-state index in [0.29, 0.717) is 11.6 Å². The largest absolute Gasteiger partial charge is 0.378 e. The van der Waals surface area contributed by atoms with Crippen molar-refractivity contribution < 1.29 is 4.74 Å². The lowest BCUT2D eigenvalue weighted by Gasteiger charge is -2.28. The van der Waals surface area contributed by atoms with Crippen molar-refractivity contribution in [2.24, 2.45) is 0 Å². The second kappa shape index (κ2) is 9.50. The lowest BCUT2D eigenvalue weighted by molar-refractivity contribution is 0.122. The van der Waals surface area contributed by atoms with E-state index >= 15 is 0 Å². The maximum absolute atomic E-state index is 5.43. The molecular weight excluding hydrogens is 400 g/mol. The Bertz CT molecular complexity index is 969. The van der Waals surface area contributed by atoms with Crippen molar-refractivity contribution in [1.29, 1.82) is 0 Å². The minimum absolute atomic E-state index is 0.533. The Morgan fingerprint density at radius 2 is 1.93 bits per heavy atom. The van der Waals surface area contributed by atoms with Crippen molar-refractivity contribution >= 4 is 45.9 Å². The summed E-state index contributed by atoms with van der Waals surface area (Å²) in [6, 6.07) is 8.34. The van der Waals surface area contributed by atoms with Gasteiger partial charge in [-0.2, -0.15) is 15.1 Å². The van der Waals surface area contributed by atoms with Crippen LogP contribution in [0.5, 0.6) is 0 Å². The smallest absolute Gasteiger partial charge is 0.231 e. The third kappa shape index (κ3) is 4.77. The monoisotopic (exact) mass is 428 g/mol. The van der Waals surface area contributed by atoms with Crippen LogP contribution in [0.1, 0.15) is 0 Å². The summed E-state index contributed by atoms with van der Waals surface area (Å²) in [6.45, 7) is 5.09. The lowest BCUT2D eigenvalue weighted by atomic mass is 10.2. The molecule has 10 heteroatoms. The van der Waals surface area contributed by atoms with E-state index in [1.54, 1.807) is 11.8 Å². The Morgan fingerprint density at radius 3 is 2.63 bits per heavy atom. The fraction of sp³-hybridized carbons (Fsp3) is 0.450. The molecule has 0 aliphatic carbocycles. The zero-order valence-electron chi connectivity index (χ0n) is 17.6. The molecule has 0 atom stereocenters. The molecule has 1 aliphatic rings. The molecule has 0 bridgehead atoms. The van der Waals surface area contributed by atoms with E-state index in [1.165, 1.54) is 5.69 Å². The number of nitrogens with zero attached hydrogens (tertiary/aromatic N) is 5. The SMILES string of the molecule is CSc1n[nH]c2nc(Nc3ccc(N4CCOCC4)cc3)nc(NCCN(C)C)c12. The molecule has 3 N–H and O–H groups in total. The first kappa shape index (κ1) is 20.7. The Labute approximate surface area is 180 Å². The molecule has 1 fully saturated rings. The zero-order chi connectivity index (χ0) is 20.9. The van der Waals surface area contributed by atoms with Crippen molar-refractivity contribution in [1.82, 2.24) is 25.1 Å². The van der Waals surface area contributed by atoms with Gasteiger partial charge >= 0.3 is 0 Å². The predicted octanol–water partition coefficient (Wildman–Crippen LogP) is 2.63. The van der Waals surface area contributed by atoms with E-state index in [1.807, 2.05) is 6.26 Å². The standard InChI is InChI=1S/C20H28N8OS/c1-27(2)9-8-21-17-16-18(25-26-19(16)30-3)24-20(23-17)22-14-4-6-15(7-5-14)28-10-12-29-13-11-28/h4-7H,8-13H2,1-3H3,(H3,21,22,23,24,25,26). The molecular formula is C20H28N8OS. The fourth-order valence-electron chi connectivity index (χ4n) is 3.34. The van der Waals surface area contributed by atoms with E-state index in [9.17, 15) is 0 Å². The summed E-state index contributed by atoms with van der Waals surface area (Å²) >= 11 is 1.58. The fourth-order valence-corrected chi connectivity index (χ4v) is 3.87. The number of aromatic nitrogens is 4. The molecule has 0 unspecified atom stereocenters. The average Bonchev–Trinajstić information content (AvgIpc) is 3.18. The Balaban J connectivity index is 1.54. The van der Waals surface area contributed by atoms with Crippen molar-refractivity contribution in [3.05, 3.63) is 24.3 Å². The zero-order valence-corrected chi connectivity index (χ0v) is 18.4. The van der Waals surface area contributed by atoms with Crippen LogP contribution in [0.2, 0.25) is 0 Å². The highest BCUT2D eigenvalue weighted by molar-refractivity contribution is 7.98. The van der Waals surface area contributed by atoms with Gasteiger partial charge in [0.1, 0.15) is 10.8 Å². The maximum atomic E-state index is 5.43. The Kier molecular flexibility index (Phi) is 6.56. The number of anilines is 4. The summed E-state index contributed by atoms with van der Waals surface area (Å²) in [5, 5.41) is 16.0. The lowest BCUT2D eigenvalue weighted by Crippen LogP contribution is -2.36. The van der Waals surface area contributed by atoms with Crippen LogP contribution in [0.15, 0.2) is 29.3 Å². The topological polar surface area (TPSA) is 94.2 Å². The molecule has 2 aromatic heterocycles. The highest BCUT2D eigenvalue weighted by Gasteiger charge is 2.15. The molecule has 1 aliphatic heterocycles. The van der Waals surface area contributed by atoms with Crippen LogP contribution in [-0.2, 0) is 4.74 Å². The van der Waals surface area contributed by atoms with Crippen LogP contribution >= 0.6 is 11.8 Å². The maximum Gasteiger partial charge on any atom is 0.231 e. The summed E-state index contributed by atoms with van der Waals surface area (Å²) in [6.07, 6.45) is 2.00. The molecule has 3 heterocycles. The highest BCUT2D eigenvalue weighted by atomic mass is 32.2.